The molecule has 0 aromatic heterocycles. The monoisotopic (exact) mass is 221 g/mol. The van der Waals surface area contributed by atoms with Crippen molar-refractivity contribution < 1.29 is 9.59 Å². The van der Waals surface area contributed by atoms with Crippen molar-refractivity contribution in [1.82, 2.24) is 15.3 Å². The second-order valence-corrected chi connectivity index (χ2v) is 2.54. The Morgan fingerprint density at radius 1 is 1.57 bits per heavy atom. The lowest BCUT2D eigenvalue weighted by atomic mass is 10.5. The third-order valence-electron chi connectivity index (χ3n) is 1.19. The van der Waals surface area contributed by atoms with Crippen molar-refractivity contribution in [2.24, 2.45) is 10.7 Å². The van der Waals surface area contributed by atoms with Crippen molar-refractivity contribution in [1.29, 1.82) is 0 Å². The predicted molar refractivity (Wildman–Crippen MR) is 52.2 cm³/mol. The van der Waals surface area contributed by atoms with E-state index in [9.17, 15) is 9.59 Å². The molecule has 8 heteroatoms. The summed E-state index contributed by atoms with van der Waals surface area (Å²) in [6, 6.07) is -0.799. The number of carbonyl (C=O) groups excluding carboxylic acids is 2. The molecule has 0 bridgehead atoms. The first-order valence-corrected chi connectivity index (χ1v) is 4.13. The number of hydrogen-bond acceptors (Lipinski definition) is 3. The van der Waals surface area contributed by atoms with Crippen LogP contribution in [-0.4, -0.2) is 29.5 Å². The van der Waals surface area contributed by atoms with E-state index in [1.807, 2.05) is 0 Å². The Balaban J connectivity index is 4.19. The minimum absolute atomic E-state index is 0.00528. The second-order valence-electron chi connectivity index (χ2n) is 2.20. The molecule has 80 valence electrons. The van der Waals surface area contributed by atoms with Crippen LogP contribution in [0.1, 0.15) is 13.3 Å². The molecule has 7 nitrogen and oxygen atoms in total. The number of nitrogens with zero attached hydrogens (tertiary/aromatic N) is 2. The highest BCUT2D eigenvalue weighted by Crippen LogP contribution is 1.92. The molecule has 0 atom stereocenters. The Morgan fingerprint density at radius 2 is 2.14 bits per heavy atom. The maximum absolute atomic E-state index is 11.0. The highest BCUT2D eigenvalue weighted by Gasteiger charge is 2.10. The average molecular weight is 222 g/mol. The van der Waals surface area contributed by atoms with Crippen LogP contribution in [-0.2, 0) is 4.79 Å². The Bertz CT molecular complexity index is 255. The van der Waals surface area contributed by atoms with Crippen molar-refractivity contribution in [2.75, 3.05) is 7.05 Å². The minimum Gasteiger partial charge on any atom is -0.351 e. The molecular formula is C6H12ClN5O2. The molecule has 0 aromatic carbocycles. The van der Waals surface area contributed by atoms with Crippen LogP contribution in [0, 0.1) is 0 Å². The zero-order valence-electron chi connectivity index (χ0n) is 7.87. The van der Waals surface area contributed by atoms with Crippen molar-refractivity contribution >= 4 is 29.7 Å². The van der Waals surface area contributed by atoms with Crippen molar-refractivity contribution in [3.8, 4) is 0 Å². The van der Waals surface area contributed by atoms with Crippen molar-refractivity contribution in [2.45, 2.75) is 13.3 Å². The maximum atomic E-state index is 11.0. The zero-order chi connectivity index (χ0) is 11.1. The molecule has 0 aliphatic rings. The molecule has 0 aliphatic carbocycles. The van der Waals surface area contributed by atoms with Gasteiger partial charge in [0.25, 0.3) is 5.91 Å². The molecule has 0 unspecified atom stereocenters. The number of primary amides is 1. The Hall–Kier alpha value is -1.50. The van der Waals surface area contributed by atoms with Gasteiger partial charge in [0, 0.05) is 25.2 Å². The molecule has 0 saturated carbocycles. The largest absolute Gasteiger partial charge is 0.351 e. The quantitative estimate of drug-likeness (QED) is 0.242. The summed E-state index contributed by atoms with van der Waals surface area (Å²) >= 11 is 5.49. The molecule has 0 spiro atoms. The van der Waals surface area contributed by atoms with Crippen LogP contribution in [0.4, 0.5) is 4.79 Å². The third-order valence-corrected chi connectivity index (χ3v) is 1.46. The van der Waals surface area contributed by atoms with Crippen LogP contribution in [0.5, 0.6) is 0 Å². The van der Waals surface area contributed by atoms with Gasteiger partial charge < -0.3 is 5.73 Å². The average Bonchev–Trinajstić information content (AvgIpc) is 2.14. The van der Waals surface area contributed by atoms with Crippen LogP contribution >= 0.6 is 11.8 Å². The zero-order valence-corrected chi connectivity index (χ0v) is 8.63. The molecule has 4 N–H and O–H groups in total. The van der Waals surface area contributed by atoms with Crippen molar-refractivity contribution in [3.05, 3.63) is 0 Å². The number of rotatable bonds is 1. The number of carbonyl (C=O) groups is 2. The minimum atomic E-state index is -0.799. The number of nitrogens with one attached hydrogen (secondary N) is 2. The van der Waals surface area contributed by atoms with Crippen LogP contribution in [0.25, 0.3) is 0 Å². The molecule has 0 saturated heterocycles. The van der Waals surface area contributed by atoms with E-state index >= 15 is 0 Å². The molecule has 3 amide bonds. The summed E-state index contributed by atoms with van der Waals surface area (Å²) in [5.41, 5.74) is 7.17. The summed E-state index contributed by atoms with van der Waals surface area (Å²) in [7, 11) is 1.40. The van der Waals surface area contributed by atoms with E-state index in [4.69, 9.17) is 17.5 Å². The summed E-state index contributed by atoms with van der Waals surface area (Å²) in [6.45, 7) is 1.64. The number of hydrogen-bond donors (Lipinski definition) is 3. The fourth-order valence-corrected chi connectivity index (χ4v) is 0.744. The van der Waals surface area contributed by atoms with E-state index in [0.717, 1.165) is 0 Å². The lowest BCUT2D eigenvalue weighted by Crippen LogP contribution is -2.49. The molecular weight excluding hydrogens is 210 g/mol. The van der Waals surface area contributed by atoms with E-state index < -0.39 is 6.03 Å². The van der Waals surface area contributed by atoms with E-state index in [1.165, 1.54) is 7.05 Å². The maximum Gasteiger partial charge on any atom is 0.318 e. The topological polar surface area (TPSA) is 99.8 Å². The van der Waals surface area contributed by atoms with Crippen LogP contribution in [0.15, 0.2) is 4.99 Å². The first-order chi connectivity index (χ1) is 6.51. The van der Waals surface area contributed by atoms with Gasteiger partial charge in [0.15, 0.2) is 0 Å². The summed E-state index contributed by atoms with van der Waals surface area (Å²) in [5.74, 6) is -0.367. The van der Waals surface area contributed by atoms with Gasteiger partial charge in [-0.25, -0.2) is 10.2 Å². The summed E-state index contributed by atoms with van der Waals surface area (Å²) in [6.07, 6.45) is 0.226. The van der Waals surface area contributed by atoms with Gasteiger partial charge >= 0.3 is 6.03 Å². The molecule has 14 heavy (non-hydrogen) atoms. The first-order valence-electron chi connectivity index (χ1n) is 3.79. The summed E-state index contributed by atoms with van der Waals surface area (Å²) in [5, 5.41) is 2.14. The highest BCUT2D eigenvalue weighted by molar-refractivity contribution is 6.21. The van der Waals surface area contributed by atoms with Crippen LogP contribution in [0.2, 0.25) is 0 Å². The van der Waals surface area contributed by atoms with Crippen LogP contribution < -0.4 is 16.5 Å². The number of guanidine groups is 1. The normalized spacial score (nSPS) is 10.6. The molecule has 0 radical (unpaired) electrons. The van der Waals surface area contributed by atoms with Gasteiger partial charge in [0.1, 0.15) is 0 Å². The fraction of sp³-hybridized carbons (Fsp3) is 0.500. The van der Waals surface area contributed by atoms with Gasteiger partial charge in [0.05, 0.1) is 0 Å². The number of aliphatic imine (C=N–C) groups is 1. The Labute approximate surface area is 86.4 Å². The van der Waals surface area contributed by atoms with E-state index in [1.54, 1.807) is 6.92 Å². The lowest BCUT2D eigenvalue weighted by molar-refractivity contribution is -0.127. The number of nitrogens with two attached hydrogens (primary N) is 1. The molecule has 0 heterocycles. The van der Waals surface area contributed by atoms with Crippen molar-refractivity contribution in [3.63, 3.8) is 0 Å². The van der Waals surface area contributed by atoms with Gasteiger partial charge in [-0.3, -0.25) is 15.1 Å². The molecule has 0 fully saturated rings. The van der Waals surface area contributed by atoms with E-state index in [2.05, 4.69) is 15.7 Å². The van der Waals surface area contributed by atoms with E-state index in [-0.39, 0.29) is 18.3 Å². The fourth-order valence-electron chi connectivity index (χ4n) is 0.545. The van der Waals surface area contributed by atoms with Gasteiger partial charge in [-0.15, -0.1) is 0 Å². The molecule has 0 rings (SSSR count). The molecule has 0 aromatic rings. The summed E-state index contributed by atoms with van der Waals surface area (Å²) < 4.78 is 0.693. The number of amides is 3. The third kappa shape index (κ3) is 4.51. The smallest absolute Gasteiger partial charge is 0.318 e. The van der Waals surface area contributed by atoms with E-state index in [0.29, 0.717) is 4.53 Å². The number of urea groups is 1. The van der Waals surface area contributed by atoms with Crippen LogP contribution in [0.3, 0.4) is 0 Å². The standard InChI is InChI=1S/C6H12ClN5O2/c1-3-4(13)12(7)11-6(9-2)10-5(8)14/h3H2,1-2H3,(H4,8,9,10,11,14). The lowest BCUT2D eigenvalue weighted by Gasteiger charge is -2.16. The molecule has 0 aliphatic heterocycles. The van der Waals surface area contributed by atoms with Gasteiger partial charge in [-0.2, -0.15) is 4.53 Å². The van der Waals surface area contributed by atoms with Gasteiger partial charge in [-0.1, -0.05) is 6.92 Å². The Morgan fingerprint density at radius 3 is 2.50 bits per heavy atom. The predicted octanol–water partition coefficient (Wildman–Crippen LogP) is -0.462. The summed E-state index contributed by atoms with van der Waals surface area (Å²) in [4.78, 5) is 25.0. The number of halogens is 1. The second kappa shape index (κ2) is 6.03. The highest BCUT2D eigenvalue weighted by atomic mass is 35.5. The SMILES string of the molecule is CCC(=O)N(Cl)NC(=NC)NC(N)=O. The number of hydrazine groups is 1. The van der Waals surface area contributed by atoms with Gasteiger partial charge in [0.2, 0.25) is 5.96 Å². The Kier molecular flexibility index (Phi) is 5.38. The first kappa shape index (κ1) is 12.5. The van der Waals surface area contributed by atoms with Gasteiger partial charge in [-0.05, 0) is 0 Å².